The fourth-order valence-corrected chi connectivity index (χ4v) is 3.00. The summed E-state index contributed by atoms with van der Waals surface area (Å²) in [6.07, 6.45) is -6.30. The molecule has 0 aliphatic heterocycles. The standard InChI is InChI=1S/C22H15F4N3O6/c1-11(20(31)32)34-15-5-3-4-6-16(15)35-17-8-14(13(23)7-12(17)10-27)29-19(30)9-18(22(24,25)26)28(2)21(29)33/h3-9,11H,1-2H3,(H,31,32). The lowest BCUT2D eigenvalue weighted by Crippen LogP contribution is -2.41. The predicted octanol–water partition coefficient (Wildman–Crippen LogP) is 3.21. The third kappa shape index (κ3) is 5.01. The number of para-hydroxylation sites is 2. The number of aliphatic carboxylic acids is 1. The monoisotopic (exact) mass is 493 g/mol. The van der Waals surface area contributed by atoms with Gasteiger partial charge in [0, 0.05) is 19.2 Å². The zero-order valence-corrected chi connectivity index (χ0v) is 18.0. The molecule has 35 heavy (non-hydrogen) atoms. The number of halogens is 4. The number of aromatic nitrogens is 2. The van der Waals surface area contributed by atoms with Crippen LogP contribution in [-0.4, -0.2) is 26.3 Å². The number of carboxylic acid groups (broad SMARTS) is 1. The van der Waals surface area contributed by atoms with E-state index in [0.29, 0.717) is 6.07 Å². The molecule has 0 fully saturated rings. The molecule has 13 heteroatoms. The number of hydrogen-bond donors (Lipinski definition) is 1. The number of benzene rings is 2. The largest absolute Gasteiger partial charge is 0.479 e. The molecule has 0 aliphatic carbocycles. The van der Waals surface area contributed by atoms with Crippen molar-refractivity contribution in [3.8, 4) is 29.0 Å². The SMILES string of the molecule is CC(Oc1ccccc1Oc1cc(-n2c(=O)cc(C(F)(F)F)n(C)c2=O)c(F)cc1C#N)C(=O)O. The first-order valence-electron chi connectivity index (χ1n) is 9.65. The van der Waals surface area contributed by atoms with Crippen LogP contribution in [0.5, 0.6) is 17.2 Å². The van der Waals surface area contributed by atoms with Crippen molar-refractivity contribution in [1.82, 2.24) is 9.13 Å². The van der Waals surface area contributed by atoms with Crippen LogP contribution in [0.15, 0.2) is 52.1 Å². The van der Waals surface area contributed by atoms with Gasteiger partial charge in [0.05, 0.1) is 11.3 Å². The Hall–Kier alpha value is -4.60. The van der Waals surface area contributed by atoms with Gasteiger partial charge in [0.15, 0.2) is 17.6 Å². The number of nitriles is 1. The van der Waals surface area contributed by atoms with E-state index in [1.54, 1.807) is 6.07 Å². The minimum Gasteiger partial charge on any atom is -0.479 e. The summed E-state index contributed by atoms with van der Waals surface area (Å²) in [6.45, 7) is 1.25. The molecule has 0 saturated carbocycles. The Bertz CT molecular complexity index is 1470. The van der Waals surface area contributed by atoms with E-state index in [1.807, 2.05) is 0 Å². The topological polar surface area (TPSA) is 124 Å². The van der Waals surface area contributed by atoms with Crippen molar-refractivity contribution in [1.29, 1.82) is 5.26 Å². The number of rotatable bonds is 6. The summed E-state index contributed by atoms with van der Waals surface area (Å²) in [5.74, 6) is -3.06. The van der Waals surface area contributed by atoms with E-state index in [9.17, 15) is 37.2 Å². The van der Waals surface area contributed by atoms with E-state index in [-0.39, 0.29) is 38.0 Å². The van der Waals surface area contributed by atoms with Gasteiger partial charge >= 0.3 is 17.8 Å². The van der Waals surface area contributed by atoms with Crippen LogP contribution in [-0.2, 0) is 18.0 Å². The Morgan fingerprint density at radius 2 is 1.74 bits per heavy atom. The van der Waals surface area contributed by atoms with Gasteiger partial charge in [-0.1, -0.05) is 12.1 Å². The van der Waals surface area contributed by atoms with Crippen molar-refractivity contribution in [2.24, 2.45) is 7.05 Å². The molecule has 3 rings (SSSR count). The number of alkyl halides is 3. The highest BCUT2D eigenvalue weighted by Crippen LogP contribution is 2.35. The van der Waals surface area contributed by atoms with Gasteiger partial charge in [-0.05, 0) is 25.1 Å². The molecule has 0 amide bonds. The van der Waals surface area contributed by atoms with Gasteiger partial charge in [-0.15, -0.1) is 0 Å². The van der Waals surface area contributed by atoms with Crippen LogP contribution in [0.4, 0.5) is 17.6 Å². The van der Waals surface area contributed by atoms with Gasteiger partial charge in [0.2, 0.25) is 0 Å². The quantitative estimate of drug-likeness (QED) is 0.523. The molecule has 0 aliphatic rings. The number of carbonyl (C=O) groups is 1. The molecular formula is C22H15F4N3O6. The Morgan fingerprint density at radius 3 is 2.31 bits per heavy atom. The molecule has 2 aromatic carbocycles. The van der Waals surface area contributed by atoms with Gasteiger partial charge in [-0.3, -0.25) is 9.36 Å². The molecule has 1 aromatic heterocycles. The number of carboxylic acids is 1. The summed E-state index contributed by atoms with van der Waals surface area (Å²) in [4.78, 5) is 36.0. The van der Waals surface area contributed by atoms with E-state index in [1.165, 1.54) is 31.2 Å². The van der Waals surface area contributed by atoms with E-state index in [2.05, 4.69) is 0 Å². The van der Waals surface area contributed by atoms with Crippen molar-refractivity contribution in [2.75, 3.05) is 0 Å². The molecular weight excluding hydrogens is 478 g/mol. The fraction of sp³-hybridized carbons (Fsp3) is 0.182. The lowest BCUT2D eigenvalue weighted by atomic mass is 10.1. The second-order valence-electron chi connectivity index (χ2n) is 7.10. The van der Waals surface area contributed by atoms with Gasteiger partial charge in [0.1, 0.15) is 23.3 Å². The highest BCUT2D eigenvalue weighted by atomic mass is 19.4. The Kier molecular flexibility index (Phi) is 6.68. The van der Waals surface area contributed by atoms with Crippen LogP contribution < -0.4 is 20.7 Å². The third-order valence-electron chi connectivity index (χ3n) is 4.74. The van der Waals surface area contributed by atoms with E-state index in [0.717, 1.165) is 13.1 Å². The van der Waals surface area contributed by atoms with Gasteiger partial charge in [-0.25, -0.2) is 18.5 Å². The van der Waals surface area contributed by atoms with Crippen molar-refractivity contribution < 1.29 is 36.9 Å². The molecule has 182 valence electrons. The Balaban J connectivity index is 2.17. The van der Waals surface area contributed by atoms with Crippen LogP contribution in [0.3, 0.4) is 0 Å². The average Bonchev–Trinajstić information content (AvgIpc) is 2.78. The van der Waals surface area contributed by atoms with Gasteiger partial charge in [-0.2, -0.15) is 18.4 Å². The summed E-state index contributed by atoms with van der Waals surface area (Å²) in [6, 6.07) is 8.93. The maximum atomic E-state index is 14.8. The van der Waals surface area contributed by atoms with E-state index < -0.39 is 46.7 Å². The number of ether oxygens (including phenoxy) is 2. The molecule has 0 saturated heterocycles. The third-order valence-corrected chi connectivity index (χ3v) is 4.74. The average molecular weight is 493 g/mol. The second kappa shape index (κ2) is 9.34. The van der Waals surface area contributed by atoms with E-state index in [4.69, 9.17) is 14.6 Å². The molecule has 0 spiro atoms. The summed E-state index contributed by atoms with van der Waals surface area (Å²) in [7, 11) is 0.761. The highest BCUT2D eigenvalue weighted by molar-refractivity contribution is 5.72. The summed E-state index contributed by atoms with van der Waals surface area (Å²) >= 11 is 0. The first-order chi connectivity index (χ1) is 16.3. The molecule has 1 heterocycles. The van der Waals surface area contributed by atoms with Crippen molar-refractivity contribution in [3.63, 3.8) is 0 Å². The van der Waals surface area contributed by atoms with E-state index >= 15 is 0 Å². The maximum absolute atomic E-state index is 14.8. The minimum atomic E-state index is -5.01. The molecule has 3 aromatic rings. The predicted molar refractivity (Wildman–Crippen MR) is 111 cm³/mol. The fourth-order valence-electron chi connectivity index (χ4n) is 3.00. The first-order valence-corrected chi connectivity index (χ1v) is 9.65. The van der Waals surface area contributed by atoms with Crippen molar-refractivity contribution >= 4 is 5.97 Å². The summed E-state index contributed by atoms with van der Waals surface area (Å²) in [5.41, 5.74) is -5.64. The normalized spacial score (nSPS) is 12.0. The van der Waals surface area contributed by atoms with Crippen LogP contribution in [0.2, 0.25) is 0 Å². The molecule has 1 atom stereocenters. The van der Waals surface area contributed by atoms with Crippen LogP contribution >= 0.6 is 0 Å². The molecule has 0 bridgehead atoms. The zero-order chi connectivity index (χ0) is 26.1. The maximum Gasteiger partial charge on any atom is 0.431 e. The Morgan fingerprint density at radius 1 is 1.11 bits per heavy atom. The van der Waals surface area contributed by atoms with Crippen LogP contribution in [0, 0.1) is 17.1 Å². The number of hydrogen-bond acceptors (Lipinski definition) is 6. The lowest BCUT2D eigenvalue weighted by Gasteiger charge is -2.17. The smallest absolute Gasteiger partial charge is 0.431 e. The highest BCUT2D eigenvalue weighted by Gasteiger charge is 2.35. The molecule has 1 N–H and O–H groups in total. The summed E-state index contributed by atoms with van der Waals surface area (Å²) in [5, 5.41) is 18.4. The molecule has 0 radical (unpaired) electrons. The molecule has 1 unspecified atom stereocenters. The molecule has 9 nitrogen and oxygen atoms in total. The summed E-state index contributed by atoms with van der Waals surface area (Å²) < 4.78 is 65.3. The van der Waals surface area contributed by atoms with Crippen LogP contribution in [0.1, 0.15) is 18.2 Å². The number of nitrogens with zero attached hydrogens (tertiary/aromatic N) is 3. The van der Waals surface area contributed by atoms with Crippen LogP contribution in [0.25, 0.3) is 5.69 Å². The first kappa shape index (κ1) is 25.0. The Labute approximate surface area is 193 Å². The van der Waals surface area contributed by atoms with Gasteiger partial charge in [0.25, 0.3) is 5.56 Å². The minimum absolute atomic E-state index is 0.0558. The lowest BCUT2D eigenvalue weighted by molar-refractivity contribution is -0.145. The second-order valence-corrected chi connectivity index (χ2v) is 7.10. The zero-order valence-electron chi connectivity index (χ0n) is 18.0. The van der Waals surface area contributed by atoms with Gasteiger partial charge < -0.3 is 14.6 Å². The van der Waals surface area contributed by atoms with Crippen molar-refractivity contribution in [2.45, 2.75) is 19.2 Å². The van der Waals surface area contributed by atoms with Crippen molar-refractivity contribution in [3.05, 3.63) is 80.4 Å².